The van der Waals surface area contributed by atoms with Crippen molar-refractivity contribution in [3.05, 3.63) is 5.82 Å². The van der Waals surface area contributed by atoms with E-state index in [1.165, 1.54) is 0 Å². The Balaban J connectivity index is 1.60. The zero-order valence-electron chi connectivity index (χ0n) is 9.48. The van der Waals surface area contributed by atoms with Crippen LogP contribution in [0.25, 0.3) is 0 Å². The molecule has 1 aromatic rings. The number of H-pyrrole nitrogens is 1. The first-order valence-electron chi connectivity index (χ1n) is 5.66. The van der Waals surface area contributed by atoms with E-state index in [1.807, 2.05) is 0 Å². The number of carbonyl (C=O) groups is 1. The van der Waals surface area contributed by atoms with Crippen LogP contribution in [0.1, 0.15) is 18.7 Å². The standard InChI is InChI=1S/C9H16N6OS/c16-9(11-5-8-12-14-15-13-8)6-17-7-1-3-10-4-2-7/h7,10H,1-6H2,(H,11,16)(H,12,13,14,15). The highest BCUT2D eigenvalue weighted by molar-refractivity contribution is 8.00. The Hall–Kier alpha value is -1.15. The summed E-state index contributed by atoms with van der Waals surface area (Å²) in [5.41, 5.74) is 0. The van der Waals surface area contributed by atoms with Crippen LogP contribution in [0.3, 0.4) is 0 Å². The SMILES string of the molecule is O=C(CSC1CCNCC1)NCc1nn[nH]n1. The second-order valence-corrected chi connectivity index (χ2v) is 5.15. The Morgan fingerprint density at radius 3 is 3.00 bits per heavy atom. The van der Waals surface area contributed by atoms with Crippen molar-refractivity contribution in [2.75, 3.05) is 18.8 Å². The number of carbonyl (C=O) groups excluding carboxylic acids is 1. The Bertz CT molecular complexity index is 337. The van der Waals surface area contributed by atoms with E-state index >= 15 is 0 Å². The summed E-state index contributed by atoms with van der Waals surface area (Å²) in [6, 6.07) is 0. The number of aromatic amines is 1. The van der Waals surface area contributed by atoms with Crippen LogP contribution in [0.2, 0.25) is 0 Å². The van der Waals surface area contributed by atoms with Gasteiger partial charge in [-0.05, 0) is 25.9 Å². The second kappa shape index (κ2) is 6.55. The van der Waals surface area contributed by atoms with Gasteiger partial charge < -0.3 is 10.6 Å². The molecule has 0 aliphatic carbocycles. The quantitative estimate of drug-likeness (QED) is 0.645. The molecule has 1 aliphatic heterocycles. The molecular weight excluding hydrogens is 240 g/mol. The first-order chi connectivity index (χ1) is 8.34. The van der Waals surface area contributed by atoms with Crippen molar-refractivity contribution in [1.29, 1.82) is 0 Å². The van der Waals surface area contributed by atoms with Gasteiger partial charge in [0.1, 0.15) is 0 Å². The van der Waals surface area contributed by atoms with Gasteiger partial charge in [0.2, 0.25) is 5.91 Å². The van der Waals surface area contributed by atoms with Crippen LogP contribution in [0.4, 0.5) is 0 Å². The van der Waals surface area contributed by atoms with Crippen molar-refractivity contribution in [2.24, 2.45) is 0 Å². The third-order valence-corrected chi connectivity index (χ3v) is 3.94. The molecule has 0 bridgehead atoms. The Kier molecular flexibility index (Phi) is 4.75. The topological polar surface area (TPSA) is 95.6 Å². The first-order valence-corrected chi connectivity index (χ1v) is 6.71. The molecule has 1 fully saturated rings. The van der Waals surface area contributed by atoms with Crippen molar-refractivity contribution >= 4 is 17.7 Å². The van der Waals surface area contributed by atoms with Crippen LogP contribution in [0.5, 0.6) is 0 Å². The van der Waals surface area contributed by atoms with Crippen LogP contribution in [0.15, 0.2) is 0 Å². The predicted molar refractivity (Wildman–Crippen MR) is 64.4 cm³/mol. The molecule has 0 atom stereocenters. The fourth-order valence-corrected chi connectivity index (χ4v) is 2.70. The lowest BCUT2D eigenvalue weighted by Crippen LogP contribution is -2.31. The molecule has 2 heterocycles. The van der Waals surface area contributed by atoms with Crippen molar-refractivity contribution in [1.82, 2.24) is 31.3 Å². The maximum atomic E-state index is 11.5. The number of aromatic nitrogens is 4. The molecule has 1 aliphatic rings. The van der Waals surface area contributed by atoms with Gasteiger partial charge in [-0.15, -0.1) is 22.0 Å². The van der Waals surface area contributed by atoms with E-state index in [0.717, 1.165) is 25.9 Å². The number of rotatable bonds is 5. The molecule has 3 N–H and O–H groups in total. The van der Waals surface area contributed by atoms with Gasteiger partial charge in [-0.3, -0.25) is 4.79 Å². The summed E-state index contributed by atoms with van der Waals surface area (Å²) in [6.45, 7) is 2.45. The average molecular weight is 256 g/mol. The summed E-state index contributed by atoms with van der Waals surface area (Å²) in [4.78, 5) is 11.5. The summed E-state index contributed by atoms with van der Waals surface area (Å²) < 4.78 is 0. The average Bonchev–Trinajstić information content (AvgIpc) is 2.88. The third-order valence-electron chi connectivity index (χ3n) is 2.57. The van der Waals surface area contributed by atoms with Crippen molar-refractivity contribution in [3.63, 3.8) is 0 Å². The molecule has 94 valence electrons. The van der Waals surface area contributed by atoms with Gasteiger partial charge in [-0.25, -0.2) is 0 Å². The van der Waals surface area contributed by atoms with Crippen molar-refractivity contribution < 1.29 is 4.79 Å². The molecule has 0 radical (unpaired) electrons. The van der Waals surface area contributed by atoms with E-state index in [2.05, 4.69) is 31.3 Å². The first kappa shape index (κ1) is 12.3. The lowest BCUT2D eigenvalue weighted by molar-refractivity contribution is -0.118. The summed E-state index contributed by atoms with van der Waals surface area (Å²) in [7, 11) is 0. The normalized spacial score (nSPS) is 16.9. The van der Waals surface area contributed by atoms with E-state index in [-0.39, 0.29) is 5.91 Å². The highest BCUT2D eigenvalue weighted by Gasteiger charge is 2.14. The van der Waals surface area contributed by atoms with E-state index in [0.29, 0.717) is 23.4 Å². The second-order valence-electron chi connectivity index (χ2n) is 3.87. The van der Waals surface area contributed by atoms with Gasteiger partial charge in [0.15, 0.2) is 5.82 Å². The molecular formula is C9H16N6OS. The monoisotopic (exact) mass is 256 g/mol. The van der Waals surface area contributed by atoms with E-state index in [9.17, 15) is 4.79 Å². The Morgan fingerprint density at radius 1 is 1.47 bits per heavy atom. The number of piperidine rings is 1. The number of amides is 1. The lowest BCUT2D eigenvalue weighted by Gasteiger charge is -2.21. The molecule has 0 spiro atoms. The Morgan fingerprint density at radius 2 is 2.29 bits per heavy atom. The molecule has 7 nitrogen and oxygen atoms in total. The molecule has 2 rings (SSSR count). The highest BCUT2D eigenvalue weighted by atomic mass is 32.2. The minimum absolute atomic E-state index is 0.0262. The van der Waals surface area contributed by atoms with Crippen molar-refractivity contribution in [3.8, 4) is 0 Å². The number of thioether (sulfide) groups is 1. The zero-order valence-corrected chi connectivity index (χ0v) is 10.3. The number of nitrogens with zero attached hydrogens (tertiary/aromatic N) is 3. The fraction of sp³-hybridized carbons (Fsp3) is 0.778. The minimum atomic E-state index is 0.0262. The summed E-state index contributed by atoms with van der Waals surface area (Å²) in [5.74, 6) is 1.03. The summed E-state index contributed by atoms with van der Waals surface area (Å²) >= 11 is 1.73. The van der Waals surface area contributed by atoms with Crippen LogP contribution >= 0.6 is 11.8 Å². The smallest absolute Gasteiger partial charge is 0.230 e. The number of nitrogens with one attached hydrogen (secondary N) is 3. The Labute approximate surface area is 104 Å². The maximum Gasteiger partial charge on any atom is 0.230 e. The largest absolute Gasteiger partial charge is 0.348 e. The van der Waals surface area contributed by atoms with Gasteiger partial charge in [0.05, 0.1) is 12.3 Å². The number of tetrazole rings is 1. The molecule has 1 amide bonds. The number of hydrogen-bond donors (Lipinski definition) is 3. The van der Waals surface area contributed by atoms with Gasteiger partial charge in [0, 0.05) is 5.25 Å². The van der Waals surface area contributed by atoms with Gasteiger partial charge in [0.25, 0.3) is 0 Å². The summed E-state index contributed by atoms with van der Waals surface area (Å²) in [5, 5.41) is 20.0. The van der Waals surface area contributed by atoms with Crippen LogP contribution in [-0.4, -0.2) is 50.6 Å². The summed E-state index contributed by atoms with van der Waals surface area (Å²) in [6.07, 6.45) is 2.28. The van der Waals surface area contributed by atoms with Gasteiger partial charge in [-0.2, -0.15) is 5.21 Å². The lowest BCUT2D eigenvalue weighted by atomic mass is 10.2. The molecule has 1 saturated heterocycles. The van der Waals surface area contributed by atoms with Crippen LogP contribution < -0.4 is 10.6 Å². The predicted octanol–water partition coefficient (Wildman–Crippen LogP) is -0.699. The molecule has 0 saturated carbocycles. The molecule has 0 unspecified atom stereocenters. The van der Waals surface area contributed by atoms with Crippen LogP contribution in [0, 0.1) is 0 Å². The molecule has 8 heteroatoms. The van der Waals surface area contributed by atoms with Crippen molar-refractivity contribution in [2.45, 2.75) is 24.6 Å². The molecule has 17 heavy (non-hydrogen) atoms. The maximum absolute atomic E-state index is 11.5. The van der Waals surface area contributed by atoms with Crippen LogP contribution in [-0.2, 0) is 11.3 Å². The minimum Gasteiger partial charge on any atom is -0.348 e. The zero-order chi connectivity index (χ0) is 11.9. The van der Waals surface area contributed by atoms with Gasteiger partial charge in [-0.1, -0.05) is 5.21 Å². The van der Waals surface area contributed by atoms with E-state index in [1.54, 1.807) is 11.8 Å². The fourth-order valence-electron chi connectivity index (χ4n) is 1.64. The van der Waals surface area contributed by atoms with Gasteiger partial charge >= 0.3 is 0 Å². The van der Waals surface area contributed by atoms with E-state index in [4.69, 9.17) is 0 Å². The number of hydrogen-bond acceptors (Lipinski definition) is 6. The highest BCUT2D eigenvalue weighted by Crippen LogP contribution is 2.19. The molecule has 0 aromatic carbocycles. The molecule has 1 aromatic heterocycles. The third kappa shape index (κ3) is 4.31. The van der Waals surface area contributed by atoms with E-state index < -0.39 is 0 Å².